The maximum atomic E-state index is 11.4. The zero-order valence-corrected chi connectivity index (χ0v) is 9.71. The topological polar surface area (TPSA) is 111 Å². The number of aromatic amines is 1. The Morgan fingerprint density at radius 2 is 2.31 bits per heavy atom. The van der Waals surface area contributed by atoms with Crippen molar-refractivity contribution in [2.45, 2.75) is 24.3 Å². The number of hydrogen-bond acceptors (Lipinski definition) is 7. The molecular formula is C8H12N4O3S. The van der Waals surface area contributed by atoms with Crippen molar-refractivity contribution in [3.8, 4) is 0 Å². The van der Waals surface area contributed by atoms with Gasteiger partial charge in [0.25, 0.3) is 0 Å². The fraction of sp³-hybridized carbons (Fsp3) is 0.500. The van der Waals surface area contributed by atoms with Gasteiger partial charge in [0.1, 0.15) is 0 Å². The van der Waals surface area contributed by atoms with Crippen molar-refractivity contribution in [2.75, 3.05) is 12.3 Å². The number of rotatable bonds is 5. The number of nitrogens with zero attached hydrogens (tertiary/aromatic N) is 2. The van der Waals surface area contributed by atoms with Crippen LogP contribution in [0.5, 0.6) is 0 Å². The smallest absolute Gasteiger partial charge is 0.327 e. The lowest BCUT2D eigenvalue weighted by atomic mass is 10.3. The highest BCUT2D eigenvalue weighted by atomic mass is 32.2. The molecule has 88 valence electrons. The number of aromatic nitrogens is 3. The van der Waals surface area contributed by atoms with Gasteiger partial charge in [0.15, 0.2) is 11.0 Å². The van der Waals surface area contributed by atoms with Crippen molar-refractivity contribution in [2.24, 2.45) is 0 Å². The van der Waals surface area contributed by atoms with Gasteiger partial charge in [-0.05, 0) is 13.8 Å². The molecular weight excluding hydrogens is 232 g/mol. The van der Waals surface area contributed by atoms with E-state index in [1.165, 1.54) is 6.92 Å². The first-order valence-electron chi connectivity index (χ1n) is 4.56. The maximum Gasteiger partial charge on any atom is 0.327 e. The Bertz CT molecular complexity index is 392. The lowest BCUT2D eigenvalue weighted by molar-refractivity contribution is -0.144. The van der Waals surface area contributed by atoms with Gasteiger partial charge in [0.05, 0.1) is 6.61 Å². The number of nitrogen functional groups attached to an aromatic ring is 1. The molecule has 0 spiro atoms. The molecule has 1 unspecified atom stereocenters. The quantitative estimate of drug-likeness (QED) is 0.426. The van der Waals surface area contributed by atoms with Crippen LogP contribution in [0.4, 0.5) is 5.95 Å². The van der Waals surface area contributed by atoms with E-state index < -0.39 is 11.2 Å². The van der Waals surface area contributed by atoms with E-state index >= 15 is 0 Å². The zero-order valence-electron chi connectivity index (χ0n) is 8.89. The number of nitrogens with one attached hydrogen (secondary N) is 1. The summed E-state index contributed by atoms with van der Waals surface area (Å²) < 4.78 is 4.77. The molecule has 0 aliphatic heterocycles. The van der Waals surface area contributed by atoms with Gasteiger partial charge in [-0.1, -0.05) is 11.8 Å². The van der Waals surface area contributed by atoms with Gasteiger partial charge in [-0.15, -0.1) is 5.10 Å². The van der Waals surface area contributed by atoms with Gasteiger partial charge in [-0.3, -0.25) is 9.59 Å². The molecule has 8 heteroatoms. The van der Waals surface area contributed by atoms with Crippen LogP contribution in [0.3, 0.4) is 0 Å². The minimum atomic E-state index is -0.949. The van der Waals surface area contributed by atoms with Crippen LogP contribution in [-0.2, 0) is 14.3 Å². The minimum absolute atomic E-state index is 0.133. The molecule has 7 nitrogen and oxygen atoms in total. The number of carbonyl (C=O) groups excluding carboxylic acids is 2. The molecule has 0 fully saturated rings. The molecule has 1 heterocycles. The van der Waals surface area contributed by atoms with E-state index in [1.54, 1.807) is 6.92 Å². The molecule has 0 aromatic carbocycles. The summed E-state index contributed by atoms with van der Waals surface area (Å²) in [5, 5.41) is 5.43. The molecule has 1 aromatic heterocycles. The molecule has 0 saturated heterocycles. The molecule has 0 radical (unpaired) electrons. The summed E-state index contributed by atoms with van der Waals surface area (Å²) >= 11 is 0.908. The summed E-state index contributed by atoms with van der Waals surface area (Å²) in [5.74, 6) is -0.774. The number of ketones is 1. The number of ether oxygens (including phenoxy) is 1. The summed E-state index contributed by atoms with van der Waals surface area (Å²) in [5.41, 5.74) is 5.32. The Labute approximate surface area is 96.1 Å². The Kier molecular flexibility index (Phi) is 4.29. The average molecular weight is 244 g/mol. The van der Waals surface area contributed by atoms with Crippen molar-refractivity contribution in [1.29, 1.82) is 0 Å². The summed E-state index contributed by atoms with van der Waals surface area (Å²) in [6, 6.07) is 0. The van der Waals surface area contributed by atoms with Gasteiger partial charge in [-0.2, -0.15) is 4.98 Å². The summed E-state index contributed by atoms with van der Waals surface area (Å²) in [6.45, 7) is 3.20. The Balaban J connectivity index is 2.72. The van der Waals surface area contributed by atoms with Gasteiger partial charge < -0.3 is 10.5 Å². The summed E-state index contributed by atoms with van der Waals surface area (Å²) in [4.78, 5) is 26.5. The van der Waals surface area contributed by atoms with Crippen LogP contribution >= 0.6 is 11.8 Å². The molecule has 1 rings (SSSR count). The van der Waals surface area contributed by atoms with E-state index in [4.69, 9.17) is 10.5 Å². The van der Waals surface area contributed by atoms with E-state index in [2.05, 4.69) is 15.2 Å². The predicted octanol–water partition coefficient (Wildman–Crippen LogP) is -0.000300. The highest BCUT2D eigenvalue weighted by molar-refractivity contribution is 8.01. The predicted molar refractivity (Wildman–Crippen MR) is 57.8 cm³/mol. The third-order valence-electron chi connectivity index (χ3n) is 1.58. The SMILES string of the molecule is CCOC(=O)C(Sc1n[nH]c(N)n1)C(C)=O. The molecule has 0 saturated carbocycles. The molecule has 0 bridgehead atoms. The second kappa shape index (κ2) is 5.50. The number of H-pyrrole nitrogens is 1. The number of thioether (sulfide) groups is 1. The lowest BCUT2D eigenvalue weighted by Crippen LogP contribution is -2.27. The van der Waals surface area contributed by atoms with Gasteiger partial charge in [-0.25, -0.2) is 5.10 Å². The van der Waals surface area contributed by atoms with Crippen LogP contribution < -0.4 is 5.73 Å². The number of Topliss-reactive ketones (excluding diaryl/α,β-unsaturated/α-hetero) is 1. The van der Waals surface area contributed by atoms with E-state index in [9.17, 15) is 9.59 Å². The second-order valence-corrected chi connectivity index (χ2v) is 3.94. The average Bonchev–Trinajstić information content (AvgIpc) is 2.60. The molecule has 1 atom stereocenters. The van der Waals surface area contributed by atoms with E-state index in [0.717, 1.165) is 11.8 Å². The number of nitrogens with two attached hydrogens (primary N) is 1. The van der Waals surface area contributed by atoms with E-state index in [-0.39, 0.29) is 23.5 Å². The molecule has 0 aliphatic carbocycles. The van der Waals surface area contributed by atoms with Crippen LogP contribution in [-0.4, -0.2) is 38.8 Å². The fourth-order valence-electron chi connectivity index (χ4n) is 0.931. The first-order valence-corrected chi connectivity index (χ1v) is 5.44. The fourth-order valence-corrected chi connectivity index (χ4v) is 1.72. The first-order chi connectivity index (χ1) is 7.54. The summed E-state index contributed by atoms with van der Waals surface area (Å²) in [7, 11) is 0. The normalized spacial score (nSPS) is 12.1. The standard InChI is InChI=1S/C8H12N4O3S/c1-3-15-6(14)5(4(2)13)16-8-10-7(9)11-12-8/h5H,3H2,1-2H3,(H3,9,10,11,12). The maximum absolute atomic E-state index is 11.4. The van der Waals surface area contributed by atoms with Crippen molar-refractivity contribution < 1.29 is 14.3 Å². The van der Waals surface area contributed by atoms with E-state index in [0.29, 0.717) is 0 Å². The Hall–Kier alpha value is -1.57. The second-order valence-electron chi connectivity index (χ2n) is 2.86. The molecule has 1 aromatic rings. The van der Waals surface area contributed by atoms with Crippen LogP contribution in [0.1, 0.15) is 13.8 Å². The van der Waals surface area contributed by atoms with Gasteiger partial charge in [0.2, 0.25) is 11.1 Å². The van der Waals surface area contributed by atoms with Crippen LogP contribution in [0.25, 0.3) is 0 Å². The molecule has 0 aliphatic rings. The Morgan fingerprint density at radius 1 is 1.62 bits per heavy atom. The Morgan fingerprint density at radius 3 is 2.75 bits per heavy atom. The van der Waals surface area contributed by atoms with Crippen LogP contribution in [0.15, 0.2) is 5.16 Å². The lowest BCUT2D eigenvalue weighted by Gasteiger charge is -2.09. The van der Waals surface area contributed by atoms with Crippen molar-refractivity contribution in [1.82, 2.24) is 15.2 Å². The third-order valence-corrected chi connectivity index (χ3v) is 2.73. The minimum Gasteiger partial charge on any atom is -0.465 e. The van der Waals surface area contributed by atoms with Crippen molar-refractivity contribution >= 4 is 29.5 Å². The number of anilines is 1. The van der Waals surface area contributed by atoms with Crippen LogP contribution in [0.2, 0.25) is 0 Å². The van der Waals surface area contributed by atoms with Crippen molar-refractivity contribution in [3.05, 3.63) is 0 Å². The monoisotopic (exact) mass is 244 g/mol. The van der Waals surface area contributed by atoms with Gasteiger partial charge >= 0.3 is 5.97 Å². The van der Waals surface area contributed by atoms with Crippen LogP contribution in [0, 0.1) is 0 Å². The number of hydrogen-bond donors (Lipinski definition) is 2. The third kappa shape index (κ3) is 3.23. The summed E-state index contributed by atoms with van der Waals surface area (Å²) in [6.07, 6.45) is 0. The number of esters is 1. The largest absolute Gasteiger partial charge is 0.465 e. The highest BCUT2D eigenvalue weighted by Gasteiger charge is 2.27. The molecule has 0 amide bonds. The zero-order chi connectivity index (χ0) is 12.1. The highest BCUT2D eigenvalue weighted by Crippen LogP contribution is 2.21. The molecule has 16 heavy (non-hydrogen) atoms. The molecule has 3 N–H and O–H groups in total. The van der Waals surface area contributed by atoms with Crippen molar-refractivity contribution in [3.63, 3.8) is 0 Å². The van der Waals surface area contributed by atoms with Gasteiger partial charge in [0, 0.05) is 0 Å². The first kappa shape index (κ1) is 12.5. The number of carbonyl (C=O) groups is 2. The van der Waals surface area contributed by atoms with E-state index in [1.807, 2.05) is 0 Å².